The van der Waals surface area contributed by atoms with Gasteiger partial charge < -0.3 is 19.3 Å². The Hall–Kier alpha value is -3.59. The van der Waals surface area contributed by atoms with Gasteiger partial charge in [-0.1, -0.05) is 30.3 Å². The van der Waals surface area contributed by atoms with E-state index >= 15 is 0 Å². The Labute approximate surface area is 210 Å². The summed E-state index contributed by atoms with van der Waals surface area (Å²) < 4.78 is 11.2. The SMILES string of the molecule is [B]C([B])(c1ccc(COc2cccc3c2CN(C2CCC(=O)NC2=O)C3=O)cc1)N1CCOCC1=O. The van der Waals surface area contributed by atoms with E-state index < -0.39 is 17.3 Å². The zero-order chi connectivity index (χ0) is 25.4. The fourth-order valence-corrected chi connectivity index (χ4v) is 4.79. The number of piperidine rings is 1. The summed E-state index contributed by atoms with van der Waals surface area (Å²) in [5.41, 5.74) is 2.61. The average molecular weight is 483 g/mol. The van der Waals surface area contributed by atoms with E-state index in [-0.39, 0.29) is 43.9 Å². The number of hydrogen-bond donors (Lipinski definition) is 1. The molecule has 4 radical (unpaired) electrons. The van der Waals surface area contributed by atoms with Crippen molar-refractivity contribution >= 4 is 39.3 Å². The number of carbonyl (C=O) groups is 4. The first kappa shape index (κ1) is 24.1. The predicted octanol–water partition coefficient (Wildman–Crippen LogP) is 0.333. The summed E-state index contributed by atoms with van der Waals surface area (Å²) in [6.07, 6.45) is 0.495. The highest BCUT2D eigenvalue weighted by Crippen LogP contribution is 2.34. The molecule has 0 spiro atoms. The maximum Gasteiger partial charge on any atom is 0.255 e. The van der Waals surface area contributed by atoms with Gasteiger partial charge >= 0.3 is 0 Å². The molecule has 2 saturated heterocycles. The number of amides is 4. The van der Waals surface area contributed by atoms with Crippen LogP contribution in [0.3, 0.4) is 0 Å². The van der Waals surface area contributed by atoms with Crippen LogP contribution in [0.4, 0.5) is 0 Å². The summed E-state index contributed by atoms with van der Waals surface area (Å²) in [6, 6.07) is 11.7. The zero-order valence-electron chi connectivity index (χ0n) is 19.6. The molecule has 0 aliphatic carbocycles. The summed E-state index contributed by atoms with van der Waals surface area (Å²) in [6.45, 7) is 1.09. The van der Waals surface area contributed by atoms with Crippen molar-refractivity contribution in [1.82, 2.24) is 15.1 Å². The Morgan fingerprint density at radius 1 is 1.08 bits per heavy atom. The average Bonchev–Trinajstić information content (AvgIpc) is 3.20. The number of carbonyl (C=O) groups excluding carboxylic acids is 4. The maximum absolute atomic E-state index is 13.0. The highest BCUT2D eigenvalue weighted by molar-refractivity contribution is 6.40. The minimum absolute atomic E-state index is 0.0487. The van der Waals surface area contributed by atoms with Crippen molar-refractivity contribution in [2.45, 2.75) is 37.4 Å². The maximum atomic E-state index is 13.0. The highest BCUT2D eigenvalue weighted by atomic mass is 16.5. The van der Waals surface area contributed by atoms with E-state index in [4.69, 9.17) is 25.2 Å². The van der Waals surface area contributed by atoms with Gasteiger partial charge in [-0.2, -0.15) is 0 Å². The van der Waals surface area contributed by atoms with E-state index in [1.807, 2.05) is 12.1 Å². The Bertz CT molecular complexity index is 1230. The van der Waals surface area contributed by atoms with Gasteiger partial charge in [-0.3, -0.25) is 24.5 Å². The van der Waals surface area contributed by atoms with Gasteiger partial charge in [0.25, 0.3) is 5.91 Å². The fourth-order valence-electron chi connectivity index (χ4n) is 4.79. The number of ether oxygens (including phenoxy) is 2. The van der Waals surface area contributed by atoms with Gasteiger partial charge in [-0.25, -0.2) is 0 Å². The van der Waals surface area contributed by atoms with E-state index in [0.29, 0.717) is 42.0 Å². The molecule has 3 heterocycles. The predicted molar refractivity (Wildman–Crippen MR) is 129 cm³/mol. The van der Waals surface area contributed by atoms with E-state index in [1.165, 1.54) is 9.80 Å². The van der Waals surface area contributed by atoms with Crippen LogP contribution in [-0.4, -0.2) is 74.9 Å². The summed E-state index contributed by atoms with van der Waals surface area (Å²) in [4.78, 5) is 51.8. The van der Waals surface area contributed by atoms with E-state index in [1.54, 1.807) is 30.3 Å². The topological polar surface area (TPSA) is 105 Å². The highest BCUT2D eigenvalue weighted by Gasteiger charge is 2.40. The molecule has 2 aromatic carbocycles. The van der Waals surface area contributed by atoms with E-state index in [2.05, 4.69) is 5.32 Å². The molecule has 11 heteroatoms. The lowest BCUT2D eigenvalue weighted by molar-refractivity contribution is -0.145. The van der Waals surface area contributed by atoms with Crippen LogP contribution >= 0.6 is 0 Å². The van der Waals surface area contributed by atoms with Crippen molar-refractivity contribution in [1.29, 1.82) is 0 Å². The van der Waals surface area contributed by atoms with E-state index in [9.17, 15) is 19.2 Å². The number of morpholine rings is 1. The van der Waals surface area contributed by atoms with Crippen molar-refractivity contribution in [2.75, 3.05) is 19.8 Å². The smallest absolute Gasteiger partial charge is 0.255 e. The molecule has 1 atom stereocenters. The van der Waals surface area contributed by atoms with Gasteiger partial charge in [-0.05, 0) is 35.0 Å². The van der Waals surface area contributed by atoms with Gasteiger partial charge in [0.15, 0.2) is 0 Å². The first-order chi connectivity index (χ1) is 17.3. The second-order valence-corrected chi connectivity index (χ2v) is 9.09. The first-order valence-electron chi connectivity index (χ1n) is 11.7. The van der Waals surface area contributed by atoms with Crippen LogP contribution in [0.25, 0.3) is 0 Å². The monoisotopic (exact) mass is 483 g/mol. The van der Waals surface area contributed by atoms with Crippen molar-refractivity contribution < 1.29 is 28.7 Å². The van der Waals surface area contributed by atoms with Crippen LogP contribution in [0.15, 0.2) is 42.5 Å². The summed E-state index contributed by atoms with van der Waals surface area (Å²) in [5.74, 6) is -0.754. The van der Waals surface area contributed by atoms with Crippen molar-refractivity contribution in [2.24, 2.45) is 0 Å². The second-order valence-electron chi connectivity index (χ2n) is 9.09. The van der Waals surface area contributed by atoms with Gasteiger partial charge in [-0.15, -0.1) is 0 Å². The Balaban J connectivity index is 1.27. The van der Waals surface area contributed by atoms with Gasteiger partial charge in [0.1, 0.15) is 25.0 Å². The third-order valence-electron chi connectivity index (χ3n) is 6.78. The molecular weight excluding hydrogens is 460 g/mol. The molecule has 5 rings (SSSR count). The van der Waals surface area contributed by atoms with Crippen LogP contribution in [0.5, 0.6) is 5.75 Å². The Morgan fingerprint density at radius 2 is 1.86 bits per heavy atom. The van der Waals surface area contributed by atoms with E-state index in [0.717, 1.165) is 5.56 Å². The van der Waals surface area contributed by atoms with Crippen molar-refractivity contribution in [3.8, 4) is 5.75 Å². The zero-order valence-corrected chi connectivity index (χ0v) is 19.6. The number of hydrogen-bond acceptors (Lipinski definition) is 6. The van der Waals surface area contributed by atoms with Crippen LogP contribution in [0.2, 0.25) is 0 Å². The van der Waals surface area contributed by atoms with Crippen LogP contribution in [0.1, 0.15) is 39.9 Å². The molecular formula is C25H23B2N3O6. The van der Waals surface area contributed by atoms with Crippen LogP contribution in [0, 0.1) is 0 Å². The van der Waals surface area contributed by atoms with Gasteiger partial charge in [0.2, 0.25) is 17.7 Å². The molecule has 180 valence electrons. The third kappa shape index (κ3) is 4.39. The molecule has 1 N–H and O–H groups in total. The molecule has 9 nitrogen and oxygen atoms in total. The number of fused-ring (bicyclic) bond motifs is 1. The fraction of sp³-hybridized carbons (Fsp3) is 0.360. The first-order valence-corrected chi connectivity index (χ1v) is 11.7. The van der Waals surface area contributed by atoms with Gasteiger partial charge in [0, 0.05) is 24.1 Å². The quantitative estimate of drug-likeness (QED) is 0.470. The van der Waals surface area contributed by atoms with Crippen LogP contribution < -0.4 is 10.1 Å². The lowest BCUT2D eigenvalue weighted by atomic mass is 9.56. The number of rotatable bonds is 6. The van der Waals surface area contributed by atoms with Crippen molar-refractivity contribution in [3.63, 3.8) is 0 Å². The normalized spacial score (nSPS) is 20.4. The molecule has 0 bridgehead atoms. The molecule has 1 unspecified atom stereocenters. The largest absolute Gasteiger partial charge is 0.489 e. The van der Waals surface area contributed by atoms with Crippen LogP contribution in [-0.2, 0) is 37.6 Å². The summed E-state index contributed by atoms with van der Waals surface area (Å²) >= 11 is 0. The number of benzene rings is 2. The number of nitrogens with one attached hydrogen (secondary N) is 1. The molecule has 0 saturated carbocycles. The minimum atomic E-state index is -1.46. The Kier molecular flexibility index (Phi) is 6.34. The summed E-state index contributed by atoms with van der Waals surface area (Å²) in [5, 5.41) is 0.847. The summed E-state index contributed by atoms with van der Waals surface area (Å²) in [7, 11) is 12.6. The lowest BCUT2D eigenvalue weighted by Crippen LogP contribution is -2.55. The molecule has 4 amide bonds. The molecule has 2 fully saturated rings. The third-order valence-corrected chi connectivity index (χ3v) is 6.78. The molecule has 3 aliphatic heterocycles. The Morgan fingerprint density at radius 3 is 2.58 bits per heavy atom. The molecule has 0 aromatic heterocycles. The molecule has 36 heavy (non-hydrogen) atoms. The molecule has 2 aromatic rings. The number of imide groups is 1. The molecule has 3 aliphatic rings. The number of nitrogens with zero attached hydrogens (tertiary/aromatic N) is 2. The van der Waals surface area contributed by atoms with Gasteiger partial charge in [0.05, 0.1) is 28.8 Å². The van der Waals surface area contributed by atoms with Crippen molar-refractivity contribution in [3.05, 3.63) is 64.7 Å². The second kappa shape index (κ2) is 9.46. The standard InChI is InChI=1S/C25H23B2N3O6/c26-25(27,30-10-11-35-14-22(30)32)16-6-4-15(5-7-16)13-36-20-3-1-2-17-18(20)12-29(24(17)34)19-8-9-21(31)28-23(19)33/h1-7,19H,8-14H2,(H,28,31,33). The minimum Gasteiger partial charge on any atom is -0.489 e. The lowest BCUT2D eigenvalue weighted by Gasteiger charge is -2.42.